The van der Waals surface area contributed by atoms with Gasteiger partial charge in [-0.3, -0.25) is 18.5 Å². The van der Waals surface area contributed by atoms with E-state index < -0.39 is 5.69 Å². The van der Waals surface area contributed by atoms with Crippen LogP contribution in [0.5, 0.6) is 0 Å². The molecule has 2 heterocycles. The maximum atomic E-state index is 12.9. The van der Waals surface area contributed by atoms with Crippen LogP contribution in [0.15, 0.2) is 64.2 Å². The van der Waals surface area contributed by atoms with Crippen molar-refractivity contribution in [2.75, 3.05) is 5.32 Å². The molecule has 0 spiro atoms. The Labute approximate surface area is 167 Å². The van der Waals surface area contributed by atoms with Gasteiger partial charge in [0.25, 0.3) is 5.56 Å². The zero-order chi connectivity index (χ0) is 20.5. The van der Waals surface area contributed by atoms with Crippen molar-refractivity contribution in [2.24, 2.45) is 14.1 Å². The smallest absolute Gasteiger partial charge is 0.326 e. The Hall–Kier alpha value is -3.61. The molecule has 0 aliphatic rings. The highest BCUT2D eigenvalue weighted by molar-refractivity contribution is 5.76. The lowest BCUT2D eigenvalue weighted by molar-refractivity contribution is 0.702. The summed E-state index contributed by atoms with van der Waals surface area (Å²) in [5.74, 6) is 0.520. The summed E-state index contributed by atoms with van der Waals surface area (Å²) in [4.78, 5) is 29.9. The number of fused-ring (bicyclic) bond motifs is 1. The van der Waals surface area contributed by atoms with Gasteiger partial charge in [-0.2, -0.15) is 4.98 Å². The van der Waals surface area contributed by atoms with Crippen LogP contribution in [-0.4, -0.2) is 18.7 Å². The minimum absolute atomic E-state index is 0.360. The molecule has 2 aromatic heterocycles. The Morgan fingerprint density at radius 2 is 1.59 bits per heavy atom. The number of hydrogen-bond donors (Lipinski definition) is 1. The molecule has 2 aromatic carbocycles. The van der Waals surface area contributed by atoms with Gasteiger partial charge >= 0.3 is 5.69 Å². The molecule has 4 rings (SSSR count). The Kier molecular flexibility index (Phi) is 4.80. The lowest BCUT2D eigenvalue weighted by atomic mass is 10.1. The fourth-order valence-electron chi connectivity index (χ4n) is 3.41. The standard InChI is InChI=1S/C22H23N5O2/c1-4-15-10-12-17(13-11-15)23-21-24-19-18(20(28)26(3)22(29)25(19)2)27(21)14-16-8-6-5-7-9-16/h5-13H,4,14H2,1-3H3,(H,23,24). The van der Waals surface area contributed by atoms with Crippen molar-refractivity contribution in [3.05, 3.63) is 86.6 Å². The van der Waals surface area contributed by atoms with E-state index in [4.69, 9.17) is 0 Å². The number of nitrogens with zero attached hydrogens (tertiary/aromatic N) is 4. The van der Waals surface area contributed by atoms with Gasteiger partial charge in [0, 0.05) is 19.8 Å². The minimum Gasteiger partial charge on any atom is -0.326 e. The summed E-state index contributed by atoms with van der Waals surface area (Å²) in [5, 5.41) is 3.32. The number of hydrogen-bond acceptors (Lipinski definition) is 4. The quantitative estimate of drug-likeness (QED) is 0.570. The van der Waals surface area contributed by atoms with Crippen LogP contribution < -0.4 is 16.6 Å². The number of aromatic nitrogens is 4. The summed E-state index contributed by atoms with van der Waals surface area (Å²) >= 11 is 0. The second-order valence-electron chi connectivity index (χ2n) is 7.06. The monoisotopic (exact) mass is 389 g/mol. The van der Waals surface area contributed by atoms with Crippen molar-refractivity contribution < 1.29 is 0 Å². The van der Waals surface area contributed by atoms with Crippen LogP contribution in [0.4, 0.5) is 11.6 Å². The average Bonchev–Trinajstić information content (AvgIpc) is 3.10. The van der Waals surface area contributed by atoms with Crippen molar-refractivity contribution in [2.45, 2.75) is 19.9 Å². The van der Waals surface area contributed by atoms with E-state index in [9.17, 15) is 9.59 Å². The summed E-state index contributed by atoms with van der Waals surface area (Å²) < 4.78 is 4.36. The highest BCUT2D eigenvalue weighted by atomic mass is 16.2. The van der Waals surface area contributed by atoms with Crippen LogP contribution in [0.2, 0.25) is 0 Å². The lowest BCUT2D eigenvalue weighted by Gasteiger charge is -2.11. The van der Waals surface area contributed by atoms with Gasteiger partial charge in [0.15, 0.2) is 11.2 Å². The van der Waals surface area contributed by atoms with Crippen LogP contribution in [-0.2, 0) is 27.1 Å². The first kappa shape index (κ1) is 18.7. The molecule has 0 saturated heterocycles. The van der Waals surface area contributed by atoms with Crippen LogP contribution >= 0.6 is 0 Å². The first-order chi connectivity index (χ1) is 14.0. The molecule has 7 heteroatoms. The van der Waals surface area contributed by atoms with Crippen LogP contribution in [0.3, 0.4) is 0 Å². The molecule has 0 fully saturated rings. The molecule has 0 amide bonds. The minimum atomic E-state index is -0.397. The number of aryl methyl sites for hydroxylation is 2. The van der Waals surface area contributed by atoms with E-state index in [-0.39, 0.29) is 5.56 Å². The molecular weight excluding hydrogens is 366 g/mol. The van der Waals surface area contributed by atoms with Crippen LogP contribution in [0.1, 0.15) is 18.1 Å². The van der Waals surface area contributed by atoms with Crippen LogP contribution in [0, 0.1) is 0 Å². The van der Waals surface area contributed by atoms with E-state index in [2.05, 4.69) is 29.4 Å². The maximum absolute atomic E-state index is 12.9. The molecule has 0 aliphatic carbocycles. The first-order valence-electron chi connectivity index (χ1n) is 9.55. The molecule has 0 unspecified atom stereocenters. The van der Waals surface area contributed by atoms with Gasteiger partial charge in [-0.25, -0.2) is 4.79 Å². The SMILES string of the molecule is CCc1ccc(Nc2nc3c(c(=O)n(C)c(=O)n3C)n2Cc2ccccc2)cc1. The zero-order valence-electron chi connectivity index (χ0n) is 16.7. The molecule has 29 heavy (non-hydrogen) atoms. The molecule has 7 nitrogen and oxygen atoms in total. The zero-order valence-corrected chi connectivity index (χ0v) is 16.7. The van der Waals surface area contributed by atoms with Gasteiger partial charge in [-0.1, -0.05) is 49.4 Å². The fourth-order valence-corrected chi connectivity index (χ4v) is 3.41. The average molecular weight is 389 g/mol. The summed E-state index contributed by atoms with van der Waals surface area (Å²) in [6.45, 7) is 2.57. The van der Waals surface area contributed by atoms with E-state index in [0.717, 1.165) is 22.2 Å². The van der Waals surface area contributed by atoms with Crippen molar-refractivity contribution in [3.8, 4) is 0 Å². The molecule has 4 aromatic rings. The summed E-state index contributed by atoms with van der Waals surface area (Å²) in [6.07, 6.45) is 0.963. The molecule has 0 aliphatic heterocycles. The second-order valence-corrected chi connectivity index (χ2v) is 7.06. The molecule has 0 atom stereocenters. The number of rotatable bonds is 5. The van der Waals surface area contributed by atoms with Crippen molar-refractivity contribution in [3.63, 3.8) is 0 Å². The maximum Gasteiger partial charge on any atom is 0.332 e. The molecular formula is C22H23N5O2. The lowest BCUT2D eigenvalue weighted by Crippen LogP contribution is -2.37. The Balaban J connectivity index is 1.90. The predicted molar refractivity (Wildman–Crippen MR) is 115 cm³/mol. The number of benzene rings is 2. The van der Waals surface area contributed by atoms with E-state index in [1.807, 2.05) is 47.0 Å². The van der Waals surface area contributed by atoms with Crippen LogP contribution in [0.25, 0.3) is 11.2 Å². The third-order valence-electron chi connectivity index (χ3n) is 5.15. The number of anilines is 2. The Morgan fingerprint density at radius 1 is 0.897 bits per heavy atom. The van der Waals surface area contributed by atoms with Gasteiger partial charge in [0.1, 0.15) is 0 Å². The molecule has 1 N–H and O–H groups in total. The number of imidazole rings is 1. The van der Waals surface area contributed by atoms with Gasteiger partial charge in [0.05, 0.1) is 6.54 Å². The normalized spacial score (nSPS) is 11.1. The molecule has 0 radical (unpaired) electrons. The van der Waals surface area contributed by atoms with E-state index >= 15 is 0 Å². The molecule has 0 saturated carbocycles. The van der Waals surface area contributed by atoms with Crippen molar-refractivity contribution in [1.82, 2.24) is 18.7 Å². The number of nitrogens with one attached hydrogen (secondary N) is 1. The third kappa shape index (κ3) is 3.35. The van der Waals surface area contributed by atoms with Gasteiger partial charge in [0.2, 0.25) is 5.95 Å². The summed E-state index contributed by atoms with van der Waals surface area (Å²) in [5.41, 5.74) is 3.14. The topological polar surface area (TPSA) is 73.8 Å². The Morgan fingerprint density at radius 3 is 2.24 bits per heavy atom. The molecule has 0 bridgehead atoms. The first-order valence-corrected chi connectivity index (χ1v) is 9.55. The highest BCUT2D eigenvalue weighted by Crippen LogP contribution is 2.22. The summed E-state index contributed by atoms with van der Waals surface area (Å²) in [6, 6.07) is 18.0. The summed E-state index contributed by atoms with van der Waals surface area (Å²) in [7, 11) is 3.12. The second kappa shape index (κ2) is 7.43. The highest BCUT2D eigenvalue weighted by Gasteiger charge is 2.19. The van der Waals surface area contributed by atoms with Gasteiger partial charge in [-0.05, 0) is 29.7 Å². The predicted octanol–water partition coefficient (Wildman–Crippen LogP) is 2.79. The van der Waals surface area contributed by atoms with Crippen molar-refractivity contribution in [1.29, 1.82) is 0 Å². The fraction of sp³-hybridized carbons (Fsp3) is 0.227. The van der Waals surface area contributed by atoms with Gasteiger partial charge < -0.3 is 5.32 Å². The van der Waals surface area contributed by atoms with Crippen molar-refractivity contribution >= 4 is 22.8 Å². The Bertz CT molecular complexity index is 1280. The third-order valence-corrected chi connectivity index (χ3v) is 5.15. The molecule has 148 valence electrons. The van der Waals surface area contributed by atoms with E-state index in [1.165, 1.54) is 17.2 Å². The van der Waals surface area contributed by atoms with E-state index in [0.29, 0.717) is 23.7 Å². The largest absolute Gasteiger partial charge is 0.332 e. The van der Waals surface area contributed by atoms with E-state index in [1.54, 1.807) is 7.05 Å². The van der Waals surface area contributed by atoms with Gasteiger partial charge in [-0.15, -0.1) is 0 Å².